The van der Waals surface area contributed by atoms with Gasteiger partial charge in [-0.15, -0.1) is 11.3 Å². The summed E-state index contributed by atoms with van der Waals surface area (Å²) in [6.07, 6.45) is 0.647. The highest BCUT2D eigenvalue weighted by Gasteiger charge is 2.34. The monoisotopic (exact) mass is 443 g/mol. The first-order valence-electron chi connectivity index (χ1n) is 10.5. The SMILES string of the molecule is Cc1nc(NCC(C)(C)O)nc(N[C@@H]2C[C@H](CO)C[C@H]2O)c1-c1nc2ccccc2s1. The van der Waals surface area contributed by atoms with Gasteiger partial charge < -0.3 is 26.0 Å². The fourth-order valence-electron chi connectivity index (χ4n) is 3.88. The number of aryl methyl sites for hydroxylation is 1. The van der Waals surface area contributed by atoms with Crippen molar-refractivity contribution in [3.05, 3.63) is 30.0 Å². The number of aliphatic hydroxyl groups excluding tert-OH is 2. The van der Waals surface area contributed by atoms with Crippen molar-refractivity contribution in [3.8, 4) is 10.6 Å². The van der Waals surface area contributed by atoms with Crippen LogP contribution in [0.25, 0.3) is 20.8 Å². The average Bonchev–Trinajstić information content (AvgIpc) is 3.28. The van der Waals surface area contributed by atoms with Gasteiger partial charge in [-0.05, 0) is 51.7 Å². The Hall–Kier alpha value is -2.33. The summed E-state index contributed by atoms with van der Waals surface area (Å²) in [6, 6.07) is 7.74. The number of rotatable bonds is 7. The van der Waals surface area contributed by atoms with Gasteiger partial charge in [0.25, 0.3) is 0 Å². The van der Waals surface area contributed by atoms with Crippen LogP contribution in [0.3, 0.4) is 0 Å². The molecule has 1 aliphatic rings. The first kappa shape index (κ1) is 21.9. The minimum atomic E-state index is -0.910. The zero-order valence-corrected chi connectivity index (χ0v) is 18.8. The van der Waals surface area contributed by atoms with Crippen LogP contribution in [0, 0.1) is 12.8 Å². The molecule has 0 saturated heterocycles. The summed E-state index contributed by atoms with van der Waals surface area (Å²) in [4.78, 5) is 14.1. The van der Waals surface area contributed by atoms with E-state index in [0.29, 0.717) is 31.2 Å². The predicted octanol–water partition coefficient (Wildman–Crippen LogP) is 2.79. The predicted molar refractivity (Wildman–Crippen MR) is 123 cm³/mol. The molecule has 3 atom stereocenters. The van der Waals surface area contributed by atoms with Crippen LogP contribution in [0.4, 0.5) is 11.8 Å². The number of hydrogen-bond donors (Lipinski definition) is 5. The first-order valence-corrected chi connectivity index (χ1v) is 11.3. The number of anilines is 2. The van der Waals surface area contributed by atoms with E-state index in [1.807, 2.05) is 31.2 Å². The summed E-state index contributed by atoms with van der Waals surface area (Å²) in [7, 11) is 0. The summed E-state index contributed by atoms with van der Waals surface area (Å²) in [5.74, 6) is 1.06. The lowest BCUT2D eigenvalue weighted by molar-refractivity contribution is 0.0943. The molecule has 1 aliphatic carbocycles. The molecule has 1 fully saturated rings. The fraction of sp³-hybridized carbons (Fsp3) is 0.500. The second-order valence-electron chi connectivity index (χ2n) is 8.85. The van der Waals surface area contributed by atoms with E-state index in [-0.39, 0.29) is 18.6 Å². The topological polar surface area (TPSA) is 123 Å². The molecule has 0 spiro atoms. The number of fused-ring (bicyclic) bond motifs is 1. The maximum absolute atomic E-state index is 10.5. The van der Waals surface area contributed by atoms with Crippen LogP contribution in [-0.4, -0.2) is 61.2 Å². The molecule has 2 heterocycles. The average molecular weight is 444 g/mol. The van der Waals surface area contributed by atoms with E-state index in [1.165, 1.54) is 0 Å². The van der Waals surface area contributed by atoms with Crippen molar-refractivity contribution in [2.75, 3.05) is 23.8 Å². The summed E-state index contributed by atoms with van der Waals surface area (Å²) < 4.78 is 1.08. The summed E-state index contributed by atoms with van der Waals surface area (Å²) in [5, 5.41) is 37.4. The quantitative estimate of drug-likeness (QED) is 0.378. The van der Waals surface area contributed by atoms with Crippen LogP contribution < -0.4 is 10.6 Å². The third kappa shape index (κ3) is 4.95. The Labute approximate surface area is 185 Å². The number of aliphatic hydroxyl groups is 3. The largest absolute Gasteiger partial charge is 0.396 e. The second-order valence-corrected chi connectivity index (χ2v) is 9.88. The summed E-state index contributed by atoms with van der Waals surface area (Å²) in [5.41, 5.74) is 1.56. The van der Waals surface area contributed by atoms with Gasteiger partial charge >= 0.3 is 0 Å². The number of thiazole rings is 1. The summed E-state index contributed by atoms with van der Waals surface area (Å²) >= 11 is 1.57. The Morgan fingerprint density at radius 3 is 2.61 bits per heavy atom. The van der Waals surface area contributed by atoms with Crippen molar-refractivity contribution < 1.29 is 15.3 Å². The van der Waals surface area contributed by atoms with E-state index in [9.17, 15) is 15.3 Å². The Morgan fingerprint density at radius 1 is 1.16 bits per heavy atom. The van der Waals surface area contributed by atoms with Crippen LogP contribution in [-0.2, 0) is 0 Å². The van der Waals surface area contributed by atoms with Crippen LogP contribution in [0.5, 0.6) is 0 Å². The number of aromatic nitrogens is 3. The molecule has 3 aromatic rings. The van der Waals surface area contributed by atoms with Gasteiger partial charge in [0.05, 0.1) is 39.2 Å². The standard InChI is InChI=1S/C22H29N5O3S/c1-12-18(20-26-14-6-4-5-7-17(14)31-20)19(25-15-8-13(10-28)9-16(15)29)27-21(24-12)23-11-22(2,3)30/h4-7,13,15-16,28-30H,8-11H2,1-3H3,(H2,23,24,25,27)/t13-,15+,16+/m0/s1. The van der Waals surface area contributed by atoms with Gasteiger partial charge in [0, 0.05) is 13.2 Å². The van der Waals surface area contributed by atoms with Crippen LogP contribution in [0.1, 0.15) is 32.4 Å². The maximum Gasteiger partial charge on any atom is 0.225 e. The molecule has 0 aliphatic heterocycles. The molecule has 0 bridgehead atoms. The molecule has 0 radical (unpaired) electrons. The first-order chi connectivity index (χ1) is 14.7. The number of hydrogen-bond acceptors (Lipinski definition) is 9. The van der Waals surface area contributed by atoms with Gasteiger partial charge in [-0.3, -0.25) is 0 Å². The number of nitrogens with one attached hydrogen (secondary N) is 2. The van der Waals surface area contributed by atoms with Gasteiger partial charge in [-0.2, -0.15) is 4.98 Å². The Kier molecular flexibility index (Phi) is 6.11. The normalized spacial score (nSPS) is 21.5. The number of benzene rings is 1. The number of para-hydroxylation sites is 1. The van der Waals surface area contributed by atoms with Crippen molar-refractivity contribution in [2.24, 2.45) is 5.92 Å². The van der Waals surface area contributed by atoms with Gasteiger partial charge in [-0.1, -0.05) is 12.1 Å². The zero-order chi connectivity index (χ0) is 22.2. The third-order valence-electron chi connectivity index (χ3n) is 5.48. The Morgan fingerprint density at radius 2 is 1.94 bits per heavy atom. The molecular formula is C22H29N5O3S. The Balaban J connectivity index is 1.73. The molecule has 9 heteroatoms. The molecular weight excluding hydrogens is 414 g/mol. The van der Waals surface area contributed by atoms with Crippen LogP contribution in [0.15, 0.2) is 24.3 Å². The highest BCUT2D eigenvalue weighted by atomic mass is 32.1. The van der Waals surface area contributed by atoms with Crippen molar-refractivity contribution >= 4 is 33.3 Å². The van der Waals surface area contributed by atoms with E-state index in [4.69, 9.17) is 4.98 Å². The molecule has 1 aromatic carbocycles. The highest BCUT2D eigenvalue weighted by Crippen LogP contribution is 2.38. The Bertz CT molecular complexity index is 1030. The van der Waals surface area contributed by atoms with E-state index < -0.39 is 11.7 Å². The van der Waals surface area contributed by atoms with Crippen molar-refractivity contribution in [1.29, 1.82) is 0 Å². The molecule has 31 heavy (non-hydrogen) atoms. The van der Waals surface area contributed by atoms with E-state index in [0.717, 1.165) is 26.5 Å². The van der Waals surface area contributed by atoms with Gasteiger partial charge in [-0.25, -0.2) is 9.97 Å². The number of nitrogens with zero attached hydrogens (tertiary/aromatic N) is 3. The van der Waals surface area contributed by atoms with Gasteiger partial charge in [0.2, 0.25) is 5.95 Å². The van der Waals surface area contributed by atoms with Crippen LogP contribution >= 0.6 is 11.3 Å². The van der Waals surface area contributed by atoms with Crippen LogP contribution in [0.2, 0.25) is 0 Å². The minimum Gasteiger partial charge on any atom is -0.396 e. The van der Waals surface area contributed by atoms with Crippen molar-refractivity contribution in [3.63, 3.8) is 0 Å². The van der Waals surface area contributed by atoms with Gasteiger partial charge in [0.15, 0.2) is 0 Å². The zero-order valence-electron chi connectivity index (χ0n) is 18.0. The van der Waals surface area contributed by atoms with Gasteiger partial charge in [0.1, 0.15) is 10.8 Å². The molecule has 0 amide bonds. The molecule has 0 unspecified atom stereocenters. The minimum absolute atomic E-state index is 0.0567. The highest BCUT2D eigenvalue weighted by molar-refractivity contribution is 7.21. The lowest BCUT2D eigenvalue weighted by Gasteiger charge is -2.22. The lowest BCUT2D eigenvalue weighted by atomic mass is 10.1. The fourth-order valence-corrected chi connectivity index (χ4v) is 4.95. The van der Waals surface area contributed by atoms with E-state index in [1.54, 1.807) is 25.2 Å². The van der Waals surface area contributed by atoms with Crippen molar-refractivity contribution in [1.82, 2.24) is 15.0 Å². The van der Waals surface area contributed by atoms with E-state index >= 15 is 0 Å². The summed E-state index contributed by atoms with van der Waals surface area (Å²) in [6.45, 7) is 5.69. The molecule has 1 saturated carbocycles. The maximum atomic E-state index is 10.5. The molecule has 5 N–H and O–H groups in total. The lowest BCUT2D eigenvalue weighted by Crippen LogP contribution is -2.31. The molecule has 8 nitrogen and oxygen atoms in total. The molecule has 4 rings (SSSR count). The second kappa shape index (κ2) is 8.66. The third-order valence-corrected chi connectivity index (χ3v) is 6.54. The molecule has 166 valence electrons. The van der Waals surface area contributed by atoms with Crippen molar-refractivity contribution in [2.45, 2.75) is 51.4 Å². The smallest absolute Gasteiger partial charge is 0.225 e. The molecule has 2 aromatic heterocycles. The van der Waals surface area contributed by atoms with E-state index in [2.05, 4.69) is 20.6 Å².